The van der Waals surface area contributed by atoms with Gasteiger partial charge in [-0.3, -0.25) is 0 Å². The fourth-order valence-corrected chi connectivity index (χ4v) is 3.20. The summed E-state index contributed by atoms with van der Waals surface area (Å²) in [6, 6.07) is 10.4. The van der Waals surface area contributed by atoms with Gasteiger partial charge in [0.15, 0.2) is 5.82 Å². The van der Waals surface area contributed by atoms with Gasteiger partial charge in [0.2, 0.25) is 0 Å². The molecule has 2 atom stereocenters. The molecule has 0 amide bonds. The third kappa shape index (κ3) is 1.76. The Hall–Kier alpha value is -2.07. The smallest absolute Gasteiger partial charge is 0.152 e. The molecule has 0 spiro atoms. The molecule has 0 aliphatic heterocycles. The van der Waals surface area contributed by atoms with Crippen LogP contribution in [0, 0.1) is 0 Å². The minimum absolute atomic E-state index is 0.0392. The van der Waals surface area contributed by atoms with Crippen molar-refractivity contribution in [3.8, 4) is 0 Å². The molecule has 2 unspecified atom stereocenters. The van der Waals surface area contributed by atoms with E-state index >= 15 is 0 Å². The standard InChI is InChI=1S/C15H13ClN4/c16-12-9-10-3-1-2-4-11(10)14(12)19-15-13-5-6-18-20(13)8-7-17-15/h1-8,12,14H,9H2,(H,17,19). The van der Waals surface area contributed by atoms with Crippen LogP contribution in [-0.4, -0.2) is 20.0 Å². The van der Waals surface area contributed by atoms with Crippen LogP contribution in [-0.2, 0) is 6.42 Å². The number of nitrogens with zero attached hydrogens (tertiary/aromatic N) is 3. The van der Waals surface area contributed by atoms with Gasteiger partial charge < -0.3 is 5.32 Å². The Morgan fingerprint density at radius 1 is 1.20 bits per heavy atom. The lowest BCUT2D eigenvalue weighted by molar-refractivity contribution is 0.766. The van der Waals surface area contributed by atoms with E-state index in [4.69, 9.17) is 11.6 Å². The van der Waals surface area contributed by atoms with Crippen molar-refractivity contribution in [2.24, 2.45) is 0 Å². The maximum absolute atomic E-state index is 6.51. The molecule has 1 N–H and O–H groups in total. The second-order valence-electron chi connectivity index (χ2n) is 4.98. The molecule has 4 rings (SSSR count). The van der Waals surface area contributed by atoms with E-state index in [1.54, 1.807) is 16.9 Å². The average molecular weight is 285 g/mol. The molecule has 0 saturated carbocycles. The van der Waals surface area contributed by atoms with Crippen LogP contribution in [0.1, 0.15) is 17.2 Å². The monoisotopic (exact) mass is 284 g/mol. The van der Waals surface area contributed by atoms with Gasteiger partial charge in [0.25, 0.3) is 0 Å². The van der Waals surface area contributed by atoms with Gasteiger partial charge >= 0.3 is 0 Å². The first-order valence-corrected chi connectivity index (χ1v) is 7.03. The van der Waals surface area contributed by atoms with Gasteiger partial charge in [-0.1, -0.05) is 24.3 Å². The van der Waals surface area contributed by atoms with Crippen molar-refractivity contribution in [2.45, 2.75) is 17.8 Å². The molecule has 1 aliphatic carbocycles. The number of benzene rings is 1. The number of aromatic nitrogens is 3. The molecule has 0 fully saturated rings. The van der Waals surface area contributed by atoms with Crippen LogP contribution in [0.3, 0.4) is 0 Å². The highest BCUT2D eigenvalue weighted by molar-refractivity contribution is 6.21. The van der Waals surface area contributed by atoms with Gasteiger partial charge in [0, 0.05) is 12.4 Å². The molecule has 100 valence electrons. The number of alkyl halides is 1. The van der Waals surface area contributed by atoms with Gasteiger partial charge in [0.05, 0.1) is 17.6 Å². The summed E-state index contributed by atoms with van der Waals surface area (Å²) in [5.41, 5.74) is 3.53. The predicted octanol–water partition coefficient (Wildman–Crippen LogP) is 3.05. The summed E-state index contributed by atoms with van der Waals surface area (Å²) in [4.78, 5) is 4.42. The molecule has 20 heavy (non-hydrogen) atoms. The summed E-state index contributed by atoms with van der Waals surface area (Å²) in [7, 11) is 0. The Kier molecular flexibility index (Phi) is 2.63. The molecule has 5 heteroatoms. The van der Waals surface area contributed by atoms with Crippen LogP contribution in [0.25, 0.3) is 5.52 Å². The number of halogens is 1. The minimum atomic E-state index is 0.0392. The molecule has 2 heterocycles. The normalized spacial score (nSPS) is 21.1. The van der Waals surface area contributed by atoms with Crippen molar-refractivity contribution in [3.63, 3.8) is 0 Å². The lowest BCUT2D eigenvalue weighted by Gasteiger charge is -2.18. The first-order valence-electron chi connectivity index (χ1n) is 6.60. The maximum atomic E-state index is 6.51. The van der Waals surface area contributed by atoms with E-state index in [1.165, 1.54) is 11.1 Å². The van der Waals surface area contributed by atoms with E-state index in [1.807, 2.05) is 12.3 Å². The van der Waals surface area contributed by atoms with Crippen LogP contribution < -0.4 is 5.32 Å². The molecule has 1 aliphatic rings. The van der Waals surface area contributed by atoms with Gasteiger partial charge in [-0.25, -0.2) is 9.50 Å². The first kappa shape index (κ1) is 11.7. The Bertz CT molecular complexity index is 767. The topological polar surface area (TPSA) is 42.2 Å². The Morgan fingerprint density at radius 2 is 2.10 bits per heavy atom. The number of rotatable bonds is 2. The summed E-state index contributed by atoms with van der Waals surface area (Å²) in [5.74, 6) is 0.817. The minimum Gasteiger partial charge on any atom is -0.360 e. The van der Waals surface area contributed by atoms with Crippen LogP contribution in [0.15, 0.2) is 48.9 Å². The summed E-state index contributed by atoms with van der Waals surface area (Å²) < 4.78 is 1.80. The highest BCUT2D eigenvalue weighted by Gasteiger charge is 2.31. The van der Waals surface area contributed by atoms with E-state index in [0.717, 1.165) is 17.8 Å². The number of hydrogen-bond donors (Lipinski definition) is 1. The van der Waals surface area contributed by atoms with Crippen molar-refractivity contribution < 1.29 is 0 Å². The number of anilines is 1. The Balaban J connectivity index is 1.74. The first-order chi connectivity index (χ1) is 9.83. The highest BCUT2D eigenvalue weighted by atomic mass is 35.5. The summed E-state index contributed by atoms with van der Waals surface area (Å²) in [6.07, 6.45) is 6.23. The fraction of sp³-hybridized carbons (Fsp3) is 0.200. The van der Waals surface area contributed by atoms with Crippen molar-refractivity contribution in [3.05, 3.63) is 60.0 Å². The maximum Gasteiger partial charge on any atom is 0.152 e. The summed E-state index contributed by atoms with van der Waals surface area (Å²) in [6.45, 7) is 0. The van der Waals surface area contributed by atoms with Crippen molar-refractivity contribution in [2.75, 3.05) is 5.32 Å². The SMILES string of the molecule is ClC1Cc2ccccc2C1Nc1nccn2nccc12. The van der Waals surface area contributed by atoms with Gasteiger partial charge in [-0.05, 0) is 23.6 Å². The number of fused-ring (bicyclic) bond motifs is 2. The van der Waals surface area contributed by atoms with E-state index in [0.29, 0.717) is 0 Å². The summed E-state index contributed by atoms with van der Waals surface area (Å²) >= 11 is 6.51. The van der Waals surface area contributed by atoms with Crippen molar-refractivity contribution >= 4 is 22.9 Å². The molecule has 4 nitrogen and oxygen atoms in total. The quantitative estimate of drug-likeness (QED) is 0.736. The molecular formula is C15H13ClN4. The van der Waals surface area contributed by atoms with Crippen LogP contribution in [0.2, 0.25) is 0 Å². The van der Waals surface area contributed by atoms with E-state index < -0.39 is 0 Å². The summed E-state index contributed by atoms with van der Waals surface area (Å²) in [5, 5.41) is 7.73. The molecule has 1 aromatic carbocycles. The van der Waals surface area contributed by atoms with Crippen LogP contribution >= 0.6 is 11.6 Å². The Labute approximate surface area is 121 Å². The van der Waals surface area contributed by atoms with Crippen molar-refractivity contribution in [1.29, 1.82) is 0 Å². The zero-order valence-electron chi connectivity index (χ0n) is 10.7. The predicted molar refractivity (Wildman–Crippen MR) is 79.1 cm³/mol. The molecule has 3 aromatic rings. The van der Waals surface area contributed by atoms with E-state index in [-0.39, 0.29) is 11.4 Å². The van der Waals surface area contributed by atoms with Crippen molar-refractivity contribution in [1.82, 2.24) is 14.6 Å². The zero-order valence-corrected chi connectivity index (χ0v) is 11.5. The van der Waals surface area contributed by atoms with E-state index in [9.17, 15) is 0 Å². The van der Waals surface area contributed by atoms with E-state index in [2.05, 4.69) is 39.7 Å². The largest absolute Gasteiger partial charge is 0.360 e. The second kappa shape index (κ2) is 4.49. The third-order valence-corrected chi connectivity index (χ3v) is 4.19. The Morgan fingerprint density at radius 3 is 3.05 bits per heavy atom. The average Bonchev–Trinajstić information content (AvgIpc) is 3.05. The molecule has 0 bridgehead atoms. The number of nitrogens with one attached hydrogen (secondary N) is 1. The molecule has 0 radical (unpaired) electrons. The number of hydrogen-bond acceptors (Lipinski definition) is 3. The molecular weight excluding hydrogens is 272 g/mol. The van der Waals surface area contributed by atoms with Crippen LogP contribution in [0.4, 0.5) is 5.82 Å². The highest BCUT2D eigenvalue weighted by Crippen LogP contribution is 2.37. The molecule has 2 aromatic heterocycles. The zero-order chi connectivity index (χ0) is 13.5. The lowest BCUT2D eigenvalue weighted by atomic mass is 10.1. The fourth-order valence-electron chi connectivity index (χ4n) is 2.83. The third-order valence-electron chi connectivity index (χ3n) is 3.78. The molecule has 0 saturated heterocycles. The van der Waals surface area contributed by atoms with Gasteiger partial charge in [-0.2, -0.15) is 5.10 Å². The lowest BCUT2D eigenvalue weighted by Crippen LogP contribution is -2.18. The van der Waals surface area contributed by atoms with Gasteiger partial charge in [0.1, 0.15) is 5.52 Å². The van der Waals surface area contributed by atoms with Crippen LogP contribution in [0.5, 0.6) is 0 Å². The second-order valence-corrected chi connectivity index (χ2v) is 5.54. The van der Waals surface area contributed by atoms with Gasteiger partial charge in [-0.15, -0.1) is 11.6 Å².